The van der Waals surface area contributed by atoms with Gasteiger partial charge in [0.05, 0.1) is 10.4 Å². The number of amides is 1. The number of para-hydroxylation sites is 1. The van der Waals surface area contributed by atoms with Gasteiger partial charge in [-0.3, -0.25) is 4.79 Å². The Morgan fingerprint density at radius 3 is 2.82 bits per heavy atom. The van der Waals surface area contributed by atoms with Crippen LogP contribution in [-0.4, -0.2) is 16.9 Å². The molecule has 2 aromatic heterocycles. The number of rotatable bonds is 2. The molecular weight excluding hydrogens is 316 g/mol. The van der Waals surface area contributed by atoms with Crippen molar-refractivity contribution < 1.29 is 4.79 Å². The van der Waals surface area contributed by atoms with E-state index >= 15 is 0 Å². The van der Waals surface area contributed by atoms with Gasteiger partial charge in [0, 0.05) is 21.5 Å². The molecule has 112 valence electrons. The van der Waals surface area contributed by atoms with E-state index < -0.39 is 0 Å². The van der Waals surface area contributed by atoms with Crippen LogP contribution in [0.1, 0.15) is 35.4 Å². The van der Waals surface area contributed by atoms with Crippen molar-refractivity contribution in [3.8, 4) is 0 Å². The summed E-state index contributed by atoms with van der Waals surface area (Å²) in [5.41, 5.74) is 0.865. The summed E-state index contributed by atoms with van der Waals surface area (Å²) < 4.78 is 1.03. The first-order chi connectivity index (χ1) is 10.7. The number of carbonyl (C=O) groups excluding carboxylic acids is 1. The Balaban J connectivity index is 1.77. The zero-order valence-electron chi connectivity index (χ0n) is 11.9. The summed E-state index contributed by atoms with van der Waals surface area (Å²) in [6.07, 6.45) is 4.58. The average Bonchev–Trinajstić information content (AvgIpc) is 3.16. The average molecular weight is 331 g/mol. The van der Waals surface area contributed by atoms with E-state index in [4.69, 9.17) is 11.6 Å². The summed E-state index contributed by atoms with van der Waals surface area (Å²) in [4.78, 5) is 17.6. The number of benzene rings is 1. The second-order valence-electron chi connectivity index (χ2n) is 5.73. The molecule has 1 N–H and O–H groups in total. The van der Waals surface area contributed by atoms with Crippen molar-refractivity contribution in [3.05, 3.63) is 40.4 Å². The van der Waals surface area contributed by atoms with Crippen LogP contribution in [0.25, 0.3) is 21.0 Å². The van der Waals surface area contributed by atoms with Gasteiger partial charge in [-0.15, -0.1) is 11.3 Å². The summed E-state index contributed by atoms with van der Waals surface area (Å²) in [7, 11) is 0. The third kappa shape index (κ3) is 2.36. The highest BCUT2D eigenvalue weighted by molar-refractivity contribution is 7.21. The highest BCUT2D eigenvalue weighted by Gasteiger charge is 2.20. The van der Waals surface area contributed by atoms with E-state index in [1.165, 1.54) is 24.2 Å². The van der Waals surface area contributed by atoms with Gasteiger partial charge >= 0.3 is 0 Å². The molecule has 4 rings (SSSR count). The van der Waals surface area contributed by atoms with E-state index in [9.17, 15) is 4.79 Å². The van der Waals surface area contributed by atoms with Crippen molar-refractivity contribution in [2.24, 2.45) is 0 Å². The molecule has 0 saturated heterocycles. The number of nitrogens with one attached hydrogen (secondary N) is 1. The monoisotopic (exact) mass is 330 g/mol. The number of nitrogens with zero attached hydrogens (tertiary/aromatic N) is 1. The van der Waals surface area contributed by atoms with Gasteiger partial charge in [0.25, 0.3) is 5.91 Å². The summed E-state index contributed by atoms with van der Waals surface area (Å²) in [6.45, 7) is 0. The Morgan fingerprint density at radius 1 is 1.23 bits per heavy atom. The van der Waals surface area contributed by atoms with Gasteiger partial charge in [0.1, 0.15) is 5.15 Å². The second kappa shape index (κ2) is 5.52. The predicted octanol–water partition coefficient (Wildman–Crippen LogP) is 4.78. The minimum absolute atomic E-state index is 0.00764. The number of thiophene rings is 1. The van der Waals surface area contributed by atoms with Gasteiger partial charge < -0.3 is 5.32 Å². The van der Waals surface area contributed by atoms with Gasteiger partial charge in [-0.1, -0.05) is 42.6 Å². The Kier molecular flexibility index (Phi) is 3.51. The van der Waals surface area contributed by atoms with Crippen LogP contribution in [-0.2, 0) is 0 Å². The second-order valence-corrected chi connectivity index (χ2v) is 7.14. The van der Waals surface area contributed by atoms with Crippen LogP contribution in [0, 0.1) is 0 Å². The molecule has 1 aliphatic carbocycles. The molecule has 1 saturated carbocycles. The normalized spacial score (nSPS) is 15.7. The standard InChI is InChI=1S/C17H15ClN2OS/c18-16-12-9-14(17(21)19-10-5-1-2-6-10)22-15(12)11-7-3-4-8-13(11)20-16/h3-4,7-10H,1-2,5-6H2,(H,19,21). The number of fused-ring (bicyclic) bond motifs is 3. The number of hydrogen-bond acceptors (Lipinski definition) is 3. The number of carbonyl (C=O) groups is 1. The molecule has 0 unspecified atom stereocenters. The Hall–Kier alpha value is -1.65. The lowest BCUT2D eigenvalue weighted by atomic mass is 10.2. The zero-order valence-corrected chi connectivity index (χ0v) is 13.5. The smallest absolute Gasteiger partial charge is 0.261 e. The van der Waals surface area contributed by atoms with E-state index in [0.29, 0.717) is 16.1 Å². The maximum Gasteiger partial charge on any atom is 0.261 e. The molecule has 5 heteroatoms. The molecule has 0 atom stereocenters. The largest absolute Gasteiger partial charge is 0.349 e. The fourth-order valence-electron chi connectivity index (χ4n) is 3.11. The van der Waals surface area contributed by atoms with Gasteiger partial charge in [0.2, 0.25) is 0 Å². The van der Waals surface area contributed by atoms with Crippen LogP contribution in [0.5, 0.6) is 0 Å². The first-order valence-electron chi connectivity index (χ1n) is 7.51. The van der Waals surface area contributed by atoms with Gasteiger partial charge in [-0.25, -0.2) is 4.98 Å². The Labute approximate surface area is 137 Å². The Morgan fingerprint density at radius 2 is 2.00 bits per heavy atom. The van der Waals surface area contributed by atoms with Gasteiger partial charge in [-0.2, -0.15) is 0 Å². The first-order valence-corrected chi connectivity index (χ1v) is 8.70. The van der Waals surface area contributed by atoms with Crippen LogP contribution < -0.4 is 5.32 Å². The van der Waals surface area contributed by atoms with Gasteiger partial charge in [0.15, 0.2) is 0 Å². The minimum Gasteiger partial charge on any atom is -0.349 e. The van der Waals surface area contributed by atoms with Crippen molar-refractivity contribution >= 4 is 49.8 Å². The summed E-state index contributed by atoms with van der Waals surface area (Å²) in [5.74, 6) is 0.00764. The summed E-state index contributed by atoms with van der Waals surface area (Å²) in [6, 6.07) is 10.1. The molecule has 3 nitrogen and oxygen atoms in total. The van der Waals surface area contributed by atoms with E-state index in [0.717, 1.165) is 33.8 Å². The fraction of sp³-hybridized carbons (Fsp3) is 0.294. The maximum atomic E-state index is 12.5. The van der Waals surface area contributed by atoms with Crippen LogP contribution in [0.3, 0.4) is 0 Å². The Bertz CT molecular complexity index is 868. The molecular formula is C17H15ClN2OS. The topological polar surface area (TPSA) is 42.0 Å². The maximum absolute atomic E-state index is 12.5. The SMILES string of the molecule is O=C(NC1CCCC1)c1cc2c(Cl)nc3ccccc3c2s1. The quantitative estimate of drug-likeness (QED) is 0.687. The van der Waals surface area contributed by atoms with E-state index in [1.807, 2.05) is 30.3 Å². The minimum atomic E-state index is 0.00764. The number of aromatic nitrogens is 1. The molecule has 1 aromatic carbocycles. The molecule has 0 bridgehead atoms. The number of pyridine rings is 1. The fourth-order valence-corrected chi connectivity index (χ4v) is 4.50. The van der Waals surface area contributed by atoms with Crippen LogP contribution in [0.15, 0.2) is 30.3 Å². The highest BCUT2D eigenvalue weighted by Crippen LogP contribution is 2.35. The van der Waals surface area contributed by atoms with Crippen molar-refractivity contribution in [2.75, 3.05) is 0 Å². The molecule has 2 heterocycles. The van der Waals surface area contributed by atoms with Crippen molar-refractivity contribution in [2.45, 2.75) is 31.7 Å². The van der Waals surface area contributed by atoms with E-state index in [1.54, 1.807) is 0 Å². The molecule has 0 aliphatic heterocycles. The molecule has 0 radical (unpaired) electrons. The van der Waals surface area contributed by atoms with Crippen LogP contribution in [0.2, 0.25) is 5.15 Å². The molecule has 1 fully saturated rings. The van der Waals surface area contributed by atoms with E-state index in [-0.39, 0.29) is 5.91 Å². The molecule has 3 aromatic rings. The number of halogens is 1. The molecule has 22 heavy (non-hydrogen) atoms. The highest BCUT2D eigenvalue weighted by atomic mass is 35.5. The summed E-state index contributed by atoms with van der Waals surface area (Å²) >= 11 is 7.78. The predicted molar refractivity (Wildman–Crippen MR) is 91.9 cm³/mol. The molecule has 0 spiro atoms. The number of hydrogen-bond donors (Lipinski definition) is 1. The van der Waals surface area contributed by atoms with Crippen molar-refractivity contribution in [1.29, 1.82) is 0 Å². The third-order valence-corrected chi connectivity index (χ3v) is 5.69. The van der Waals surface area contributed by atoms with Crippen LogP contribution >= 0.6 is 22.9 Å². The lowest BCUT2D eigenvalue weighted by Crippen LogP contribution is -2.31. The van der Waals surface area contributed by atoms with Crippen molar-refractivity contribution in [1.82, 2.24) is 10.3 Å². The molecule has 1 aliphatic rings. The lowest BCUT2D eigenvalue weighted by molar-refractivity contribution is 0.0942. The van der Waals surface area contributed by atoms with E-state index in [2.05, 4.69) is 10.3 Å². The van der Waals surface area contributed by atoms with Crippen LogP contribution in [0.4, 0.5) is 0 Å². The lowest BCUT2D eigenvalue weighted by Gasteiger charge is -2.10. The third-order valence-electron chi connectivity index (χ3n) is 4.24. The summed E-state index contributed by atoms with van der Waals surface area (Å²) in [5, 5.41) is 5.51. The first kappa shape index (κ1) is 14.0. The molecule has 1 amide bonds. The van der Waals surface area contributed by atoms with Crippen molar-refractivity contribution in [3.63, 3.8) is 0 Å². The zero-order chi connectivity index (χ0) is 15.1. The van der Waals surface area contributed by atoms with Gasteiger partial charge in [-0.05, 0) is 25.0 Å².